The molecule has 2 N–H and O–H groups in total. The summed E-state index contributed by atoms with van der Waals surface area (Å²) in [5.41, 5.74) is -0.197. The van der Waals surface area contributed by atoms with Gasteiger partial charge in [0.1, 0.15) is 0 Å². The van der Waals surface area contributed by atoms with Gasteiger partial charge in [-0.25, -0.2) is 4.79 Å². The van der Waals surface area contributed by atoms with Gasteiger partial charge in [-0.3, -0.25) is 0 Å². The Balaban J connectivity index is 1.95. The van der Waals surface area contributed by atoms with Crippen molar-refractivity contribution in [1.29, 1.82) is 0 Å². The van der Waals surface area contributed by atoms with E-state index in [4.69, 9.17) is 4.74 Å². The van der Waals surface area contributed by atoms with Crippen molar-refractivity contribution in [3.8, 4) is 0 Å². The van der Waals surface area contributed by atoms with Gasteiger partial charge in [0, 0.05) is 13.1 Å². The lowest BCUT2D eigenvalue weighted by Gasteiger charge is -2.53. The van der Waals surface area contributed by atoms with Crippen LogP contribution in [-0.2, 0) is 4.74 Å². The number of hydrogen-bond acceptors (Lipinski definition) is 3. The van der Waals surface area contributed by atoms with Gasteiger partial charge in [0.25, 0.3) is 0 Å². The van der Waals surface area contributed by atoms with Gasteiger partial charge in [-0.05, 0) is 19.3 Å². The maximum atomic E-state index is 11.1. The normalized spacial score (nSPS) is 33.8. The van der Waals surface area contributed by atoms with Gasteiger partial charge < -0.3 is 15.4 Å². The molecular weight excluding hydrogens is 156 g/mol. The number of alkyl carbamates (subject to hydrolysis) is 1. The second-order valence-electron chi connectivity index (χ2n) is 4.05. The van der Waals surface area contributed by atoms with Gasteiger partial charge in [-0.15, -0.1) is 0 Å². The van der Waals surface area contributed by atoms with Crippen molar-refractivity contribution in [2.45, 2.75) is 30.4 Å². The van der Waals surface area contributed by atoms with Crippen molar-refractivity contribution in [2.75, 3.05) is 13.1 Å². The maximum absolute atomic E-state index is 11.1. The monoisotopic (exact) mass is 168 g/mol. The highest BCUT2D eigenvalue weighted by molar-refractivity contribution is 5.73. The first-order chi connectivity index (χ1) is 5.77. The van der Waals surface area contributed by atoms with Crippen LogP contribution in [0.3, 0.4) is 0 Å². The zero-order chi connectivity index (χ0) is 8.23. The quantitative estimate of drug-likeness (QED) is 0.535. The average molecular weight is 168 g/mol. The van der Waals surface area contributed by atoms with Crippen molar-refractivity contribution in [1.82, 2.24) is 10.6 Å². The van der Waals surface area contributed by atoms with Crippen LogP contribution in [0.2, 0.25) is 0 Å². The fraction of sp³-hybridized carbons (Fsp3) is 0.875. The summed E-state index contributed by atoms with van der Waals surface area (Å²) < 4.78 is 5.33. The van der Waals surface area contributed by atoms with E-state index < -0.39 is 0 Å². The minimum atomic E-state index is -0.226. The van der Waals surface area contributed by atoms with Crippen LogP contribution in [-0.4, -0.2) is 30.3 Å². The Morgan fingerprint density at radius 1 is 1.33 bits per heavy atom. The van der Waals surface area contributed by atoms with E-state index in [2.05, 4.69) is 10.6 Å². The lowest BCUT2D eigenvalue weighted by atomic mass is 9.63. The molecule has 0 aromatic rings. The molecule has 0 radical (unpaired) electrons. The highest BCUT2D eigenvalue weighted by Crippen LogP contribution is 2.48. The molecule has 1 aliphatic carbocycles. The number of carbonyl (C=O) groups is 1. The molecule has 0 aromatic carbocycles. The fourth-order valence-corrected chi connectivity index (χ4v) is 2.48. The summed E-state index contributed by atoms with van der Waals surface area (Å²) in [6, 6.07) is 0. The van der Waals surface area contributed by atoms with Crippen LogP contribution in [0.4, 0.5) is 4.79 Å². The number of fused-ring (bicyclic) bond motifs is 1. The third-order valence-electron chi connectivity index (χ3n) is 3.53. The summed E-state index contributed by atoms with van der Waals surface area (Å²) in [5.74, 6) is 0. The predicted octanol–water partition coefficient (Wildman–Crippen LogP) is -0.00910. The standard InChI is InChI=1S/C8H12N2O2/c11-6-10-7(2-1-3-7)8(12-6)4-9-5-8/h9H,1-5H2,(H,10,11). The Bertz CT molecular complexity index is 219. The molecule has 2 saturated heterocycles. The number of amides is 1. The first-order valence-corrected chi connectivity index (χ1v) is 4.48. The Kier molecular flexibility index (Phi) is 0.987. The first kappa shape index (κ1) is 6.71. The molecule has 66 valence electrons. The first-order valence-electron chi connectivity index (χ1n) is 4.48. The molecule has 4 nitrogen and oxygen atoms in total. The lowest BCUT2D eigenvalue weighted by Crippen LogP contribution is -2.74. The Morgan fingerprint density at radius 3 is 2.42 bits per heavy atom. The Morgan fingerprint density at radius 2 is 2.08 bits per heavy atom. The van der Waals surface area contributed by atoms with Crippen LogP contribution in [0, 0.1) is 0 Å². The average Bonchev–Trinajstić information content (AvgIpc) is 2.20. The Hall–Kier alpha value is -0.770. The van der Waals surface area contributed by atoms with Crippen molar-refractivity contribution in [2.24, 2.45) is 0 Å². The number of carbonyl (C=O) groups excluding carboxylic acids is 1. The Labute approximate surface area is 70.7 Å². The smallest absolute Gasteiger partial charge is 0.408 e. The third-order valence-corrected chi connectivity index (χ3v) is 3.53. The van der Waals surface area contributed by atoms with Crippen LogP contribution >= 0.6 is 0 Å². The fourth-order valence-electron chi connectivity index (χ4n) is 2.48. The summed E-state index contributed by atoms with van der Waals surface area (Å²) in [6.45, 7) is 1.65. The minimum Gasteiger partial charge on any atom is -0.438 e. The van der Waals surface area contributed by atoms with Crippen LogP contribution in [0.5, 0.6) is 0 Å². The van der Waals surface area contributed by atoms with E-state index in [1.807, 2.05) is 0 Å². The number of hydrogen-bond donors (Lipinski definition) is 2. The molecule has 3 aliphatic rings. The minimum absolute atomic E-state index is 0.00463. The van der Waals surface area contributed by atoms with E-state index in [0.717, 1.165) is 25.9 Å². The van der Waals surface area contributed by atoms with E-state index >= 15 is 0 Å². The SMILES string of the molecule is O=C1NC2(CCC2)C2(CNC2)O1. The second kappa shape index (κ2) is 1.76. The molecule has 4 heteroatoms. The van der Waals surface area contributed by atoms with E-state index in [1.54, 1.807) is 0 Å². The molecule has 2 heterocycles. The summed E-state index contributed by atoms with van der Waals surface area (Å²) in [6.07, 6.45) is 3.16. The van der Waals surface area contributed by atoms with Crippen LogP contribution in [0.15, 0.2) is 0 Å². The number of nitrogens with one attached hydrogen (secondary N) is 2. The molecule has 1 amide bonds. The van der Waals surface area contributed by atoms with E-state index in [0.29, 0.717) is 0 Å². The molecule has 2 spiro atoms. The van der Waals surface area contributed by atoms with Gasteiger partial charge in [-0.1, -0.05) is 0 Å². The van der Waals surface area contributed by atoms with Crippen LogP contribution in [0.1, 0.15) is 19.3 Å². The van der Waals surface area contributed by atoms with Gasteiger partial charge in [0.2, 0.25) is 0 Å². The molecule has 0 aromatic heterocycles. The van der Waals surface area contributed by atoms with Crippen LogP contribution < -0.4 is 10.6 Å². The van der Waals surface area contributed by atoms with Gasteiger partial charge in [0.05, 0.1) is 5.54 Å². The molecule has 3 rings (SSSR count). The van der Waals surface area contributed by atoms with Crippen molar-refractivity contribution in [3.05, 3.63) is 0 Å². The highest BCUT2D eigenvalue weighted by atomic mass is 16.6. The molecule has 2 aliphatic heterocycles. The topological polar surface area (TPSA) is 50.4 Å². The molecule has 12 heavy (non-hydrogen) atoms. The molecule has 3 fully saturated rings. The maximum Gasteiger partial charge on any atom is 0.408 e. The van der Waals surface area contributed by atoms with E-state index in [9.17, 15) is 4.79 Å². The van der Waals surface area contributed by atoms with E-state index in [-0.39, 0.29) is 17.2 Å². The van der Waals surface area contributed by atoms with E-state index in [1.165, 1.54) is 6.42 Å². The van der Waals surface area contributed by atoms with Crippen molar-refractivity contribution >= 4 is 6.09 Å². The molecule has 0 bridgehead atoms. The summed E-state index contributed by atoms with van der Waals surface area (Å²) in [7, 11) is 0. The highest BCUT2D eigenvalue weighted by Gasteiger charge is 2.65. The summed E-state index contributed by atoms with van der Waals surface area (Å²) in [4.78, 5) is 11.1. The number of ether oxygens (including phenoxy) is 1. The van der Waals surface area contributed by atoms with Gasteiger partial charge in [-0.2, -0.15) is 0 Å². The summed E-state index contributed by atoms with van der Waals surface area (Å²) >= 11 is 0. The zero-order valence-corrected chi connectivity index (χ0v) is 6.85. The second-order valence-corrected chi connectivity index (χ2v) is 4.05. The zero-order valence-electron chi connectivity index (χ0n) is 6.85. The largest absolute Gasteiger partial charge is 0.438 e. The molecule has 0 atom stereocenters. The predicted molar refractivity (Wildman–Crippen MR) is 41.8 cm³/mol. The number of rotatable bonds is 0. The summed E-state index contributed by atoms with van der Waals surface area (Å²) in [5, 5.41) is 6.13. The molecule has 0 unspecified atom stereocenters. The van der Waals surface area contributed by atoms with Crippen molar-refractivity contribution < 1.29 is 9.53 Å². The lowest BCUT2D eigenvalue weighted by molar-refractivity contribution is -0.0706. The van der Waals surface area contributed by atoms with Gasteiger partial charge >= 0.3 is 6.09 Å². The van der Waals surface area contributed by atoms with Crippen molar-refractivity contribution in [3.63, 3.8) is 0 Å². The molecular formula is C8H12N2O2. The third kappa shape index (κ3) is 0.534. The van der Waals surface area contributed by atoms with Crippen LogP contribution in [0.25, 0.3) is 0 Å². The van der Waals surface area contributed by atoms with Gasteiger partial charge in [0.15, 0.2) is 5.60 Å². The molecule has 1 saturated carbocycles.